The molecule has 0 N–H and O–H groups in total. The van der Waals surface area contributed by atoms with E-state index in [-0.39, 0.29) is 0 Å². The van der Waals surface area contributed by atoms with E-state index < -0.39 is 0 Å². The third-order valence-electron chi connectivity index (χ3n) is 1.90. The van der Waals surface area contributed by atoms with Crippen LogP contribution in [-0.2, 0) is 10.5 Å². The van der Waals surface area contributed by atoms with Crippen molar-refractivity contribution in [2.45, 2.75) is 19.1 Å². The molecule has 0 fully saturated rings. The highest BCUT2D eigenvalue weighted by atomic mass is 32.2. The van der Waals surface area contributed by atoms with Crippen molar-refractivity contribution < 1.29 is 4.79 Å². The summed E-state index contributed by atoms with van der Waals surface area (Å²) < 4.78 is 0. The lowest BCUT2D eigenvalue weighted by Gasteiger charge is -2.03. The van der Waals surface area contributed by atoms with Crippen molar-refractivity contribution in [2.75, 3.05) is 5.75 Å². The molecular weight excluding hydrogens is 180 g/mol. The standard InChI is InChI=1S/C11H14OS/c1-10-5-2-3-6-11(10)9-13-8-4-7-12/h2-3,5-7H,4,8-9H2,1H3. The maximum Gasteiger partial charge on any atom is 0.120 e. The Morgan fingerprint density at radius 2 is 2.15 bits per heavy atom. The third kappa shape index (κ3) is 3.64. The van der Waals surface area contributed by atoms with Crippen molar-refractivity contribution >= 4 is 18.0 Å². The Bertz CT molecular complexity index is 271. The molecular formula is C11H14OS. The van der Waals surface area contributed by atoms with Gasteiger partial charge in [-0.25, -0.2) is 0 Å². The van der Waals surface area contributed by atoms with E-state index in [1.807, 2.05) is 11.8 Å². The molecule has 0 saturated heterocycles. The molecule has 0 radical (unpaired) electrons. The Hall–Kier alpha value is -0.760. The van der Waals surface area contributed by atoms with Crippen LogP contribution in [0.5, 0.6) is 0 Å². The SMILES string of the molecule is Cc1ccccc1CSCCC=O. The number of aldehydes is 1. The summed E-state index contributed by atoms with van der Waals surface area (Å²) in [4.78, 5) is 10.1. The van der Waals surface area contributed by atoms with E-state index in [4.69, 9.17) is 0 Å². The van der Waals surface area contributed by atoms with Crippen molar-refractivity contribution in [1.29, 1.82) is 0 Å². The van der Waals surface area contributed by atoms with Crippen LogP contribution in [0.2, 0.25) is 0 Å². The van der Waals surface area contributed by atoms with E-state index in [0.29, 0.717) is 6.42 Å². The fourth-order valence-corrected chi connectivity index (χ4v) is 2.04. The zero-order valence-corrected chi connectivity index (χ0v) is 8.64. The quantitative estimate of drug-likeness (QED) is 0.529. The fraction of sp³-hybridized carbons (Fsp3) is 0.364. The Kier molecular flexibility index (Phi) is 4.61. The van der Waals surface area contributed by atoms with Gasteiger partial charge in [0, 0.05) is 17.9 Å². The van der Waals surface area contributed by atoms with Crippen molar-refractivity contribution in [2.24, 2.45) is 0 Å². The van der Waals surface area contributed by atoms with E-state index in [9.17, 15) is 4.79 Å². The monoisotopic (exact) mass is 194 g/mol. The largest absolute Gasteiger partial charge is 0.303 e. The molecule has 1 rings (SSSR count). The summed E-state index contributed by atoms with van der Waals surface area (Å²) in [7, 11) is 0. The lowest BCUT2D eigenvalue weighted by molar-refractivity contribution is -0.107. The average Bonchev–Trinajstić information content (AvgIpc) is 2.15. The molecule has 1 aromatic carbocycles. The number of benzene rings is 1. The van der Waals surface area contributed by atoms with Crippen molar-refractivity contribution in [3.63, 3.8) is 0 Å². The minimum Gasteiger partial charge on any atom is -0.303 e. The number of aryl methyl sites for hydroxylation is 1. The van der Waals surface area contributed by atoms with Crippen LogP contribution in [-0.4, -0.2) is 12.0 Å². The Labute approximate surface area is 83.5 Å². The molecule has 0 saturated carbocycles. The zero-order valence-electron chi connectivity index (χ0n) is 7.82. The second-order valence-corrected chi connectivity index (χ2v) is 4.04. The van der Waals surface area contributed by atoms with Gasteiger partial charge in [-0.05, 0) is 18.1 Å². The molecule has 0 aliphatic carbocycles. The average molecular weight is 194 g/mol. The highest BCUT2D eigenvalue weighted by Gasteiger charge is 1.96. The molecule has 1 nitrogen and oxygen atoms in total. The number of hydrogen-bond donors (Lipinski definition) is 0. The molecule has 0 aliphatic rings. The van der Waals surface area contributed by atoms with Gasteiger partial charge in [0.15, 0.2) is 0 Å². The summed E-state index contributed by atoms with van der Waals surface area (Å²) in [5.74, 6) is 1.94. The lowest BCUT2D eigenvalue weighted by atomic mass is 10.1. The zero-order chi connectivity index (χ0) is 9.52. The number of carbonyl (C=O) groups excluding carboxylic acids is 1. The van der Waals surface area contributed by atoms with E-state index >= 15 is 0 Å². The molecule has 2 heteroatoms. The Balaban J connectivity index is 2.36. The molecule has 0 aromatic heterocycles. The van der Waals surface area contributed by atoms with Gasteiger partial charge in [0.25, 0.3) is 0 Å². The third-order valence-corrected chi connectivity index (χ3v) is 2.94. The summed E-state index contributed by atoms with van der Waals surface area (Å²) in [6, 6.07) is 8.37. The molecule has 0 aliphatic heterocycles. The van der Waals surface area contributed by atoms with Crippen LogP contribution in [0.3, 0.4) is 0 Å². The minimum atomic E-state index is 0.663. The second kappa shape index (κ2) is 5.81. The smallest absolute Gasteiger partial charge is 0.120 e. The molecule has 0 amide bonds. The van der Waals surface area contributed by atoms with Gasteiger partial charge >= 0.3 is 0 Å². The van der Waals surface area contributed by atoms with E-state index in [2.05, 4.69) is 31.2 Å². The van der Waals surface area contributed by atoms with Gasteiger partial charge in [-0.15, -0.1) is 0 Å². The maximum atomic E-state index is 10.1. The first-order chi connectivity index (χ1) is 6.34. The first kappa shape index (κ1) is 10.3. The summed E-state index contributed by atoms with van der Waals surface area (Å²) in [6.07, 6.45) is 1.64. The van der Waals surface area contributed by atoms with Crippen LogP contribution in [0, 0.1) is 6.92 Å². The van der Waals surface area contributed by atoms with Gasteiger partial charge in [-0.2, -0.15) is 11.8 Å². The number of thioether (sulfide) groups is 1. The molecule has 0 atom stereocenters. The van der Waals surface area contributed by atoms with Crippen LogP contribution < -0.4 is 0 Å². The highest BCUT2D eigenvalue weighted by molar-refractivity contribution is 7.98. The van der Waals surface area contributed by atoms with Crippen LogP contribution >= 0.6 is 11.8 Å². The van der Waals surface area contributed by atoms with E-state index in [1.54, 1.807) is 0 Å². The van der Waals surface area contributed by atoms with Gasteiger partial charge in [0.2, 0.25) is 0 Å². The first-order valence-corrected chi connectivity index (χ1v) is 5.56. The number of hydrogen-bond acceptors (Lipinski definition) is 2. The molecule has 0 heterocycles. The molecule has 0 spiro atoms. The van der Waals surface area contributed by atoms with Crippen LogP contribution in [0.15, 0.2) is 24.3 Å². The van der Waals surface area contributed by atoms with Gasteiger partial charge in [0.1, 0.15) is 6.29 Å². The topological polar surface area (TPSA) is 17.1 Å². The Morgan fingerprint density at radius 1 is 1.38 bits per heavy atom. The van der Waals surface area contributed by atoms with Crippen LogP contribution in [0.25, 0.3) is 0 Å². The number of carbonyl (C=O) groups is 1. The Morgan fingerprint density at radius 3 is 2.85 bits per heavy atom. The van der Waals surface area contributed by atoms with Gasteiger partial charge in [-0.1, -0.05) is 24.3 Å². The van der Waals surface area contributed by atoms with Crippen molar-refractivity contribution in [1.82, 2.24) is 0 Å². The molecule has 0 unspecified atom stereocenters. The molecule has 13 heavy (non-hydrogen) atoms. The summed E-state index contributed by atoms with van der Waals surface area (Å²) in [5.41, 5.74) is 2.71. The summed E-state index contributed by atoms with van der Waals surface area (Å²) >= 11 is 1.81. The van der Waals surface area contributed by atoms with Gasteiger partial charge in [0.05, 0.1) is 0 Å². The van der Waals surface area contributed by atoms with Crippen LogP contribution in [0.1, 0.15) is 17.5 Å². The first-order valence-electron chi connectivity index (χ1n) is 4.40. The molecule has 70 valence electrons. The predicted molar refractivity (Wildman–Crippen MR) is 58.0 cm³/mol. The van der Waals surface area contributed by atoms with E-state index in [0.717, 1.165) is 17.8 Å². The lowest BCUT2D eigenvalue weighted by Crippen LogP contribution is -1.87. The minimum absolute atomic E-state index is 0.663. The maximum absolute atomic E-state index is 10.1. The summed E-state index contributed by atoms with van der Waals surface area (Å²) in [5, 5.41) is 0. The van der Waals surface area contributed by atoms with Crippen molar-refractivity contribution in [3.8, 4) is 0 Å². The number of rotatable bonds is 5. The second-order valence-electron chi connectivity index (χ2n) is 2.93. The van der Waals surface area contributed by atoms with Crippen LogP contribution in [0.4, 0.5) is 0 Å². The fourth-order valence-electron chi connectivity index (χ4n) is 1.09. The molecule has 1 aromatic rings. The normalized spacial score (nSPS) is 9.92. The summed E-state index contributed by atoms with van der Waals surface area (Å²) in [6.45, 7) is 2.12. The predicted octanol–water partition coefficient (Wildman–Crippen LogP) is 2.82. The highest BCUT2D eigenvalue weighted by Crippen LogP contribution is 2.15. The molecule has 0 bridgehead atoms. The van der Waals surface area contributed by atoms with E-state index in [1.165, 1.54) is 11.1 Å². The van der Waals surface area contributed by atoms with Gasteiger partial charge in [-0.3, -0.25) is 0 Å². The van der Waals surface area contributed by atoms with Gasteiger partial charge < -0.3 is 4.79 Å². The van der Waals surface area contributed by atoms with Crippen molar-refractivity contribution in [3.05, 3.63) is 35.4 Å².